The molecule has 2 nitrogen and oxygen atoms in total. The van der Waals surface area contributed by atoms with Gasteiger partial charge in [-0.15, -0.1) is 0 Å². The molecule has 0 aliphatic heterocycles. The van der Waals surface area contributed by atoms with E-state index in [0.29, 0.717) is 35.6 Å². The Kier molecular flexibility index (Phi) is 0.853. The molecule has 0 spiro atoms. The summed E-state index contributed by atoms with van der Waals surface area (Å²) in [4.78, 5) is 12.1. The topological polar surface area (TPSA) is 26.3 Å². The second-order valence-corrected chi connectivity index (χ2v) is 6.03. The summed E-state index contributed by atoms with van der Waals surface area (Å²) < 4.78 is 5.67. The maximum atomic E-state index is 12.1. The molecular formula is C12H14O2. The zero-order valence-electron chi connectivity index (χ0n) is 8.22. The van der Waals surface area contributed by atoms with Crippen LogP contribution in [0.1, 0.15) is 6.42 Å². The normalized spacial score (nSPS) is 74.9. The third kappa shape index (κ3) is 0.396. The first kappa shape index (κ1) is 7.00. The molecule has 0 amide bonds. The standard InChI is InChI=1S/C12H14O2/c1-14-12-8-4-2-3-5-6(4)10(12)9(5)11(13)7(3)8/h3-10,12H,2H2,1H3/t3-,4+,5?,6?,7?,8?,9?,10?,12+/m0/s1. The average molecular weight is 190 g/mol. The summed E-state index contributed by atoms with van der Waals surface area (Å²) in [5, 5.41) is 0. The molecule has 74 valence electrons. The lowest BCUT2D eigenvalue weighted by molar-refractivity contribution is -0.143. The van der Waals surface area contributed by atoms with E-state index in [9.17, 15) is 4.79 Å². The summed E-state index contributed by atoms with van der Waals surface area (Å²) in [6.07, 6.45) is 1.82. The number of hydrogen-bond donors (Lipinski definition) is 0. The Morgan fingerprint density at radius 2 is 1.93 bits per heavy atom. The van der Waals surface area contributed by atoms with Crippen LogP contribution >= 0.6 is 0 Å². The zero-order chi connectivity index (χ0) is 9.19. The second-order valence-electron chi connectivity index (χ2n) is 6.03. The van der Waals surface area contributed by atoms with Gasteiger partial charge in [-0.2, -0.15) is 0 Å². The molecule has 0 saturated heterocycles. The third-order valence-corrected chi connectivity index (χ3v) is 6.31. The maximum absolute atomic E-state index is 12.1. The SMILES string of the molecule is CO[C@H]1C2C3C(=O)C4C1[C@@H]1C[C@H]4C3C21. The molecule has 2 heteroatoms. The Balaban J connectivity index is 1.79. The second kappa shape index (κ2) is 1.71. The Morgan fingerprint density at radius 1 is 1.07 bits per heavy atom. The van der Waals surface area contributed by atoms with Gasteiger partial charge in [0.2, 0.25) is 0 Å². The Morgan fingerprint density at radius 3 is 2.71 bits per heavy atom. The molecule has 0 aromatic heterocycles. The van der Waals surface area contributed by atoms with Crippen molar-refractivity contribution in [3.05, 3.63) is 0 Å². The number of rotatable bonds is 1. The molecule has 6 unspecified atom stereocenters. The predicted octanol–water partition coefficient (Wildman–Crippen LogP) is 0.958. The Labute approximate surface area is 83.0 Å². The number of carbonyl (C=O) groups excluding carboxylic acids is 1. The van der Waals surface area contributed by atoms with Crippen LogP contribution in [0.5, 0.6) is 0 Å². The number of fused-ring (bicyclic) bond motifs is 2. The monoisotopic (exact) mass is 190 g/mol. The van der Waals surface area contributed by atoms with Crippen LogP contribution in [0, 0.1) is 47.3 Å². The number of ketones is 1. The van der Waals surface area contributed by atoms with Crippen molar-refractivity contribution in [2.75, 3.05) is 7.11 Å². The van der Waals surface area contributed by atoms with Gasteiger partial charge in [0.15, 0.2) is 0 Å². The molecule has 2 bridgehead atoms. The third-order valence-electron chi connectivity index (χ3n) is 6.31. The minimum atomic E-state index is 0.440. The van der Waals surface area contributed by atoms with E-state index < -0.39 is 0 Å². The molecule has 0 aromatic rings. The highest BCUT2D eigenvalue weighted by Gasteiger charge is 2.83. The zero-order valence-corrected chi connectivity index (χ0v) is 8.22. The minimum absolute atomic E-state index is 0.440. The van der Waals surface area contributed by atoms with E-state index in [-0.39, 0.29) is 0 Å². The number of hydrogen-bond acceptors (Lipinski definition) is 2. The molecule has 0 N–H and O–H groups in total. The van der Waals surface area contributed by atoms with Crippen molar-refractivity contribution >= 4 is 5.78 Å². The van der Waals surface area contributed by atoms with E-state index in [1.165, 1.54) is 6.42 Å². The molecule has 5 aliphatic rings. The van der Waals surface area contributed by atoms with Crippen molar-refractivity contribution < 1.29 is 9.53 Å². The minimum Gasteiger partial charge on any atom is -0.381 e. The smallest absolute Gasteiger partial charge is 0.140 e. The summed E-state index contributed by atoms with van der Waals surface area (Å²) in [7, 11) is 1.85. The lowest BCUT2D eigenvalue weighted by atomic mass is 9.59. The molecule has 5 aliphatic carbocycles. The summed E-state index contributed by atoms with van der Waals surface area (Å²) in [6, 6.07) is 0. The first-order chi connectivity index (χ1) is 6.84. The van der Waals surface area contributed by atoms with Crippen LogP contribution in [0.25, 0.3) is 0 Å². The summed E-state index contributed by atoms with van der Waals surface area (Å²) >= 11 is 0. The molecule has 9 atom stereocenters. The molecule has 14 heavy (non-hydrogen) atoms. The highest BCUT2D eigenvalue weighted by atomic mass is 16.5. The van der Waals surface area contributed by atoms with Crippen LogP contribution in [-0.2, 0) is 9.53 Å². The van der Waals surface area contributed by atoms with Crippen molar-refractivity contribution in [2.45, 2.75) is 12.5 Å². The fourth-order valence-corrected chi connectivity index (χ4v) is 6.39. The highest BCUT2D eigenvalue weighted by Crippen LogP contribution is 2.81. The van der Waals surface area contributed by atoms with Gasteiger partial charge in [-0.25, -0.2) is 0 Å². The first-order valence-corrected chi connectivity index (χ1v) is 5.91. The highest BCUT2D eigenvalue weighted by molar-refractivity contribution is 5.91. The van der Waals surface area contributed by atoms with Gasteiger partial charge in [-0.3, -0.25) is 4.79 Å². The van der Waals surface area contributed by atoms with Gasteiger partial charge in [0.05, 0.1) is 6.10 Å². The number of methoxy groups -OCH3 is 1. The van der Waals surface area contributed by atoms with Crippen molar-refractivity contribution in [3.63, 3.8) is 0 Å². The van der Waals surface area contributed by atoms with E-state index in [4.69, 9.17) is 4.74 Å². The van der Waals surface area contributed by atoms with Crippen molar-refractivity contribution in [2.24, 2.45) is 47.3 Å². The number of carbonyl (C=O) groups is 1. The molecule has 0 radical (unpaired) electrons. The largest absolute Gasteiger partial charge is 0.381 e. The van der Waals surface area contributed by atoms with Crippen LogP contribution < -0.4 is 0 Å². The van der Waals surface area contributed by atoms with Gasteiger partial charge in [0.25, 0.3) is 0 Å². The van der Waals surface area contributed by atoms with E-state index in [1.807, 2.05) is 7.11 Å². The summed E-state index contributed by atoms with van der Waals surface area (Å²) in [5.74, 6) is 6.22. The number of ether oxygens (including phenoxy) is 1. The Bertz CT molecular complexity index is 363. The van der Waals surface area contributed by atoms with Gasteiger partial charge in [0.1, 0.15) is 5.78 Å². The molecule has 0 heterocycles. The van der Waals surface area contributed by atoms with E-state index >= 15 is 0 Å². The van der Waals surface area contributed by atoms with E-state index in [0.717, 1.165) is 23.7 Å². The van der Waals surface area contributed by atoms with E-state index in [2.05, 4.69) is 0 Å². The summed E-state index contributed by atoms with van der Waals surface area (Å²) in [6.45, 7) is 0. The average Bonchev–Trinajstić information content (AvgIpc) is 2.62. The quantitative estimate of drug-likeness (QED) is 0.615. The van der Waals surface area contributed by atoms with Crippen LogP contribution in [0.2, 0.25) is 0 Å². The van der Waals surface area contributed by atoms with Gasteiger partial charge in [-0.1, -0.05) is 0 Å². The molecule has 0 aromatic carbocycles. The van der Waals surface area contributed by atoms with Crippen LogP contribution in [0.15, 0.2) is 0 Å². The van der Waals surface area contributed by atoms with Crippen LogP contribution in [-0.4, -0.2) is 19.0 Å². The lowest BCUT2D eigenvalue weighted by Gasteiger charge is -2.45. The van der Waals surface area contributed by atoms with Gasteiger partial charge in [-0.05, 0) is 41.9 Å². The van der Waals surface area contributed by atoms with Crippen molar-refractivity contribution in [1.29, 1.82) is 0 Å². The fourth-order valence-electron chi connectivity index (χ4n) is 6.39. The fraction of sp³-hybridized carbons (Fsp3) is 0.917. The van der Waals surface area contributed by atoms with Crippen LogP contribution in [0.3, 0.4) is 0 Å². The lowest BCUT2D eigenvalue weighted by Crippen LogP contribution is -2.50. The molecule has 5 rings (SSSR count). The van der Waals surface area contributed by atoms with Crippen molar-refractivity contribution in [1.82, 2.24) is 0 Å². The summed E-state index contributed by atoms with van der Waals surface area (Å²) in [5.41, 5.74) is 0. The maximum Gasteiger partial charge on any atom is 0.140 e. The molecule has 5 saturated carbocycles. The van der Waals surface area contributed by atoms with Gasteiger partial charge < -0.3 is 4.74 Å². The van der Waals surface area contributed by atoms with Gasteiger partial charge >= 0.3 is 0 Å². The Hall–Kier alpha value is -0.370. The van der Waals surface area contributed by atoms with Crippen LogP contribution in [0.4, 0.5) is 0 Å². The predicted molar refractivity (Wildman–Crippen MR) is 48.3 cm³/mol. The number of Topliss-reactive ketones (excluding diaryl/α,β-unsaturated/α-hetero) is 1. The van der Waals surface area contributed by atoms with Crippen molar-refractivity contribution in [3.8, 4) is 0 Å². The van der Waals surface area contributed by atoms with Gasteiger partial charge in [0, 0.05) is 18.9 Å². The first-order valence-electron chi connectivity index (χ1n) is 5.91. The molecular weight excluding hydrogens is 176 g/mol. The molecule has 5 fully saturated rings. The van der Waals surface area contributed by atoms with E-state index in [1.54, 1.807) is 0 Å².